The minimum Gasteiger partial charge on any atom is -0.456 e. The highest BCUT2D eigenvalue weighted by Gasteiger charge is 2.36. The van der Waals surface area contributed by atoms with Gasteiger partial charge in [-0.15, -0.1) is 0 Å². The molecular weight excluding hydrogens is 348 g/mol. The number of esters is 1. The zero-order chi connectivity index (χ0) is 20.0. The first-order chi connectivity index (χ1) is 13.4. The third-order valence-electron chi connectivity index (χ3n) is 6.10. The van der Waals surface area contributed by atoms with Gasteiger partial charge in [0.15, 0.2) is 11.7 Å². The van der Waals surface area contributed by atoms with E-state index in [4.69, 9.17) is 4.74 Å². The van der Waals surface area contributed by atoms with Crippen LogP contribution in [-0.4, -0.2) is 11.0 Å². The van der Waals surface area contributed by atoms with Crippen LogP contribution >= 0.6 is 0 Å². The average Bonchev–Trinajstić information content (AvgIpc) is 3.15. The standard InChI is InChI=1S/C24H26N2O2/c1-6-19-14(2)21-12-20-22(17(5)26(21)16(19)4)15(3)23(25-20)24(27)28-13-18-10-8-7-9-11-18/h7-12,16H,6,13H2,1-5H3/p+1/t16-/m1/s1. The first-order valence-electron chi connectivity index (χ1n) is 9.92. The lowest BCUT2D eigenvalue weighted by Gasteiger charge is -2.08. The Morgan fingerprint density at radius 1 is 1.18 bits per heavy atom. The quantitative estimate of drug-likeness (QED) is 0.504. The maximum atomic E-state index is 12.7. The van der Waals surface area contributed by atoms with Crippen molar-refractivity contribution in [2.45, 2.75) is 53.7 Å². The van der Waals surface area contributed by atoms with Gasteiger partial charge in [-0.3, -0.25) is 0 Å². The van der Waals surface area contributed by atoms with Gasteiger partial charge in [-0.1, -0.05) is 37.3 Å². The molecule has 0 unspecified atom stereocenters. The largest absolute Gasteiger partial charge is 0.456 e. The molecule has 0 fully saturated rings. The lowest BCUT2D eigenvalue weighted by atomic mass is 10.0. The van der Waals surface area contributed by atoms with Gasteiger partial charge in [0.2, 0.25) is 5.69 Å². The Morgan fingerprint density at radius 2 is 1.89 bits per heavy atom. The number of nitrogens with zero attached hydrogens (tertiary/aromatic N) is 1. The van der Waals surface area contributed by atoms with Gasteiger partial charge < -0.3 is 9.72 Å². The van der Waals surface area contributed by atoms with Crippen LogP contribution in [0.4, 0.5) is 0 Å². The van der Waals surface area contributed by atoms with Crippen LogP contribution in [0.1, 0.15) is 66.2 Å². The second-order valence-electron chi connectivity index (χ2n) is 7.64. The van der Waals surface area contributed by atoms with Crippen LogP contribution in [0, 0.1) is 13.8 Å². The molecule has 0 saturated carbocycles. The molecule has 1 atom stereocenters. The minimum atomic E-state index is -0.309. The van der Waals surface area contributed by atoms with Crippen LogP contribution < -0.4 is 4.57 Å². The predicted molar refractivity (Wildman–Crippen MR) is 111 cm³/mol. The number of carbonyl (C=O) groups excluding carboxylic acids is 1. The van der Waals surface area contributed by atoms with E-state index in [1.54, 1.807) is 0 Å². The molecule has 3 aromatic rings. The summed E-state index contributed by atoms with van der Waals surface area (Å²) in [4.78, 5) is 16.1. The second kappa shape index (κ2) is 6.93. The summed E-state index contributed by atoms with van der Waals surface area (Å²) < 4.78 is 7.95. The van der Waals surface area contributed by atoms with Crippen LogP contribution in [0.2, 0.25) is 0 Å². The molecule has 1 aliphatic rings. The van der Waals surface area contributed by atoms with Crippen molar-refractivity contribution in [3.63, 3.8) is 0 Å². The molecule has 4 rings (SSSR count). The van der Waals surface area contributed by atoms with Crippen molar-refractivity contribution in [3.05, 3.63) is 70.2 Å². The first kappa shape index (κ1) is 18.5. The van der Waals surface area contributed by atoms with E-state index in [-0.39, 0.29) is 12.6 Å². The Morgan fingerprint density at radius 3 is 2.57 bits per heavy atom. The van der Waals surface area contributed by atoms with Crippen molar-refractivity contribution in [1.29, 1.82) is 0 Å². The second-order valence-corrected chi connectivity index (χ2v) is 7.64. The van der Waals surface area contributed by atoms with E-state index in [0.29, 0.717) is 11.7 Å². The predicted octanol–water partition coefficient (Wildman–Crippen LogP) is 5.19. The molecule has 0 radical (unpaired) electrons. The molecule has 0 amide bonds. The maximum absolute atomic E-state index is 12.7. The fraction of sp³-hybridized carbons (Fsp3) is 0.333. The Balaban J connectivity index is 1.73. The maximum Gasteiger partial charge on any atom is 0.355 e. The average molecular weight is 375 g/mol. The summed E-state index contributed by atoms with van der Waals surface area (Å²) in [5.74, 6) is -0.309. The van der Waals surface area contributed by atoms with Gasteiger partial charge >= 0.3 is 5.97 Å². The van der Waals surface area contributed by atoms with Crippen molar-refractivity contribution < 1.29 is 14.1 Å². The molecule has 0 saturated heterocycles. The normalized spacial score (nSPS) is 16.0. The number of pyridine rings is 1. The van der Waals surface area contributed by atoms with E-state index in [9.17, 15) is 4.79 Å². The number of fused-ring (bicyclic) bond motifs is 2. The zero-order valence-electron chi connectivity index (χ0n) is 17.2. The number of aryl methyl sites for hydroxylation is 2. The Hall–Kier alpha value is -2.88. The van der Waals surface area contributed by atoms with Gasteiger partial charge in [0, 0.05) is 31.1 Å². The van der Waals surface area contributed by atoms with Gasteiger partial charge in [0.25, 0.3) is 0 Å². The number of aromatic nitrogens is 2. The fourth-order valence-electron chi connectivity index (χ4n) is 4.68. The third-order valence-corrected chi connectivity index (χ3v) is 6.10. The Kier molecular flexibility index (Phi) is 4.58. The van der Waals surface area contributed by atoms with E-state index in [0.717, 1.165) is 28.5 Å². The zero-order valence-corrected chi connectivity index (χ0v) is 17.2. The number of carbonyl (C=O) groups is 1. The molecule has 0 spiro atoms. The van der Waals surface area contributed by atoms with E-state index in [1.807, 2.05) is 37.3 Å². The lowest BCUT2D eigenvalue weighted by Crippen LogP contribution is -2.41. The SMILES string of the molecule is CCC1=C(C)c2cc3[nH]c(C(=O)OCc4ccccc4)c(C)c3c(C)[n+]2[C@@H]1C. The molecular formula is C24H27N2O2+. The molecule has 144 valence electrons. The number of hydrogen-bond donors (Lipinski definition) is 1. The summed E-state index contributed by atoms with van der Waals surface area (Å²) >= 11 is 0. The molecule has 4 heteroatoms. The van der Waals surface area contributed by atoms with Crippen molar-refractivity contribution in [2.75, 3.05) is 0 Å². The smallest absolute Gasteiger partial charge is 0.355 e. The van der Waals surface area contributed by atoms with Gasteiger partial charge in [0.05, 0.1) is 10.9 Å². The highest BCUT2D eigenvalue weighted by molar-refractivity contribution is 5.99. The molecule has 1 N–H and O–H groups in total. The number of aromatic amines is 1. The highest BCUT2D eigenvalue weighted by atomic mass is 16.5. The van der Waals surface area contributed by atoms with Gasteiger partial charge in [-0.2, -0.15) is 4.57 Å². The van der Waals surface area contributed by atoms with E-state index >= 15 is 0 Å². The lowest BCUT2D eigenvalue weighted by molar-refractivity contribution is -0.712. The number of nitrogens with one attached hydrogen (secondary N) is 1. The monoisotopic (exact) mass is 375 g/mol. The van der Waals surface area contributed by atoms with Crippen LogP contribution in [0.5, 0.6) is 0 Å². The topological polar surface area (TPSA) is 46.0 Å². The van der Waals surface area contributed by atoms with E-state index < -0.39 is 0 Å². The molecule has 3 heterocycles. The minimum absolute atomic E-state index is 0.275. The summed E-state index contributed by atoms with van der Waals surface area (Å²) in [5.41, 5.74) is 8.74. The number of H-pyrrole nitrogens is 1. The van der Waals surface area contributed by atoms with Gasteiger partial charge in [-0.25, -0.2) is 4.79 Å². The molecule has 1 aromatic carbocycles. The van der Waals surface area contributed by atoms with Gasteiger partial charge in [0.1, 0.15) is 12.3 Å². The first-order valence-corrected chi connectivity index (χ1v) is 9.92. The number of benzene rings is 1. The summed E-state index contributed by atoms with van der Waals surface area (Å²) in [6.45, 7) is 11.1. The van der Waals surface area contributed by atoms with Crippen molar-refractivity contribution in [2.24, 2.45) is 0 Å². The molecule has 0 aliphatic carbocycles. The number of allylic oxidation sites excluding steroid dienone is 2. The van der Waals surface area contributed by atoms with Crippen molar-refractivity contribution >= 4 is 22.4 Å². The highest BCUT2D eigenvalue weighted by Crippen LogP contribution is 2.35. The van der Waals surface area contributed by atoms with Crippen LogP contribution in [0.15, 0.2) is 42.0 Å². The van der Waals surface area contributed by atoms with E-state index in [1.165, 1.54) is 22.5 Å². The summed E-state index contributed by atoms with van der Waals surface area (Å²) in [6, 6.07) is 12.3. The molecule has 28 heavy (non-hydrogen) atoms. The van der Waals surface area contributed by atoms with Gasteiger partial charge in [-0.05, 0) is 31.4 Å². The van der Waals surface area contributed by atoms with Crippen LogP contribution in [0.25, 0.3) is 16.5 Å². The molecule has 0 bridgehead atoms. The summed E-state index contributed by atoms with van der Waals surface area (Å²) in [6.07, 6.45) is 1.05. The van der Waals surface area contributed by atoms with Crippen LogP contribution in [0.3, 0.4) is 0 Å². The third kappa shape index (κ3) is 2.75. The van der Waals surface area contributed by atoms with Crippen molar-refractivity contribution in [1.82, 2.24) is 4.98 Å². The molecule has 4 nitrogen and oxygen atoms in total. The Labute approximate surface area is 165 Å². The summed E-state index contributed by atoms with van der Waals surface area (Å²) in [7, 11) is 0. The number of rotatable bonds is 4. The fourth-order valence-corrected chi connectivity index (χ4v) is 4.68. The summed E-state index contributed by atoms with van der Waals surface area (Å²) in [5, 5.41) is 1.12. The van der Waals surface area contributed by atoms with Crippen molar-refractivity contribution in [3.8, 4) is 0 Å². The number of ether oxygens (including phenoxy) is 1. The Bertz CT molecular complexity index is 1110. The van der Waals surface area contributed by atoms with E-state index in [2.05, 4.69) is 43.3 Å². The number of hydrogen-bond acceptors (Lipinski definition) is 2. The molecule has 2 aromatic heterocycles. The van der Waals surface area contributed by atoms with Crippen LogP contribution in [-0.2, 0) is 11.3 Å². The molecule has 1 aliphatic heterocycles.